The molecule has 7 nitrogen and oxygen atoms in total. The molecule has 1 aromatic rings. The van der Waals surface area contributed by atoms with E-state index in [1.54, 1.807) is 10.7 Å². The van der Waals surface area contributed by atoms with Crippen molar-refractivity contribution in [3.8, 4) is 0 Å². The van der Waals surface area contributed by atoms with Crippen molar-refractivity contribution in [2.24, 2.45) is 0 Å². The number of hydrogen-bond donors (Lipinski definition) is 1. The molecule has 3 heterocycles. The largest absolute Gasteiger partial charge is 0.352 e. The second-order valence-corrected chi connectivity index (χ2v) is 8.83. The Balaban J connectivity index is 1.46. The normalized spacial score (nSPS) is 22.6. The molecule has 7 heteroatoms. The molecule has 2 fully saturated rings. The van der Waals surface area contributed by atoms with Crippen molar-refractivity contribution in [2.45, 2.75) is 58.0 Å². The molecule has 0 aromatic carbocycles. The summed E-state index contributed by atoms with van der Waals surface area (Å²) < 4.78 is 1.60. The lowest BCUT2D eigenvalue weighted by molar-refractivity contribution is -0.123. The van der Waals surface area contributed by atoms with Crippen molar-refractivity contribution in [3.05, 3.63) is 28.2 Å². The summed E-state index contributed by atoms with van der Waals surface area (Å²) in [4.78, 5) is 28.5. The first kappa shape index (κ1) is 20.0. The van der Waals surface area contributed by atoms with Crippen LogP contribution in [0, 0.1) is 0 Å². The average molecular weight is 376 g/mol. The predicted octanol–water partition coefficient (Wildman–Crippen LogP) is 0.827. The standard InChI is InChI=1S/C20H33N5O2/c1-20(2,3)17-7-8-19(27)25(22-17)14-13-23-9-11-24(12-10-23)15-16-5-4-6-18(26)21-16/h7-8,16H,4-6,9-15H2,1-3H3,(H,21,26). The number of rotatable bonds is 5. The van der Waals surface area contributed by atoms with Crippen LogP contribution < -0.4 is 10.9 Å². The van der Waals surface area contributed by atoms with Crippen LogP contribution in [0.25, 0.3) is 0 Å². The van der Waals surface area contributed by atoms with E-state index < -0.39 is 0 Å². The molecule has 0 spiro atoms. The van der Waals surface area contributed by atoms with Crippen LogP contribution in [0.5, 0.6) is 0 Å². The lowest BCUT2D eigenvalue weighted by Gasteiger charge is -2.37. The number of nitrogens with zero attached hydrogens (tertiary/aromatic N) is 4. The number of carbonyl (C=O) groups is 1. The van der Waals surface area contributed by atoms with E-state index in [0.29, 0.717) is 19.0 Å². The van der Waals surface area contributed by atoms with Gasteiger partial charge in [0, 0.05) is 63.2 Å². The smallest absolute Gasteiger partial charge is 0.266 e. The maximum Gasteiger partial charge on any atom is 0.266 e. The van der Waals surface area contributed by atoms with Crippen LogP contribution in [0.2, 0.25) is 0 Å². The van der Waals surface area contributed by atoms with Gasteiger partial charge >= 0.3 is 0 Å². The molecule has 0 aliphatic carbocycles. The molecule has 1 unspecified atom stereocenters. The van der Waals surface area contributed by atoms with Gasteiger partial charge in [0.25, 0.3) is 5.56 Å². The number of piperidine rings is 1. The van der Waals surface area contributed by atoms with Crippen molar-refractivity contribution >= 4 is 5.91 Å². The van der Waals surface area contributed by atoms with Gasteiger partial charge in [-0.15, -0.1) is 0 Å². The van der Waals surface area contributed by atoms with E-state index in [1.807, 2.05) is 6.07 Å². The summed E-state index contributed by atoms with van der Waals surface area (Å²) in [5.41, 5.74) is 0.853. The zero-order valence-electron chi connectivity index (χ0n) is 16.9. The Morgan fingerprint density at radius 3 is 2.44 bits per heavy atom. The molecule has 3 rings (SSSR count). The Morgan fingerprint density at radius 1 is 1.07 bits per heavy atom. The molecule has 27 heavy (non-hydrogen) atoms. The van der Waals surface area contributed by atoms with Crippen LogP contribution in [-0.4, -0.2) is 70.8 Å². The highest BCUT2D eigenvalue weighted by Gasteiger charge is 2.23. The van der Waals surface area contributed by atoms with Gasteiger partial charge in [-0.05, 0) is 18.9 Å². The molecule has 2 aliphatic heterocycles. The van der Waals surface area contributed by atoms with Crippen molar-refractivity contribution < 1.29 is 4.79 Å². The van der Waals surface area contributed by atoms with Gasteiger partial charge in [0.15, 0.2) is 0 Å². The third kappa shape index (κ3) is 5.62. The lowest BCUT2D eigenvalue weighted by atomic mass is 9.92. The summed E-state index contributed by atoms with van der Waals surface area (Å²) in [6, 6.07) is 3.77. The van der Waals surface area contributed by atoms with Gasteiger partial charge in [-0.25, -0.2) is 4.68 Å². The third-order valence-electron chi connectivity index (χ3n) is 5.53. The minimum atomic E-state index is -0.0599. The zero-order valence-corrected chi connectivity index (χ0v) is 16.9. The molecule has 1 atom stereocenters. The van der Waals surface area contributed by atoms with E-state index in [1.165, 1.54) is 0 Å². The Kier molecular flexibility index (Phi) is 6.32. The van der Waals surface area contributed by atoms with Crippen LogP contribution in [0.15, 0.2) is 16.9 Å². The number of aromatic nitrogens is 2. The minimum absolute atomic E-state index is 0.0327. The number of carbonyl (C=O) groups excluding carboxylic acids is 1. The molecular formula is C20H33N5O2. The molecule has 150 valence electrons. The highest BCUT2D eigenvalue weighted by Crippen LogP contribution is 2.18. The van der Waals surface area contributed by atoms with Crippen LogP contribution in [0.3, 0.4) is 0 Å². The van der Waals surface area contributed by atoms with E-state index in [9.17, 15) is 9.59 Å². The zero-order chi connectivity index (χ0) is 19.4. The highest BCUT2D eigenvalue weighted by molar-refractivity contribution is 5.76. The van der Waals surface area contributed by atoms with Gasteiger partial charge in [0.1, 0.15) is 0 Å². The van der Waals surface area contributed by atoms with Crippen LogP contribution in [0.1, 0.15) is 45.7 Å². The SMILES string of the molecule is CC(C)(C)c1ccc(=O)n(CCN2CCN(CC3CCCC(=O)N3)CC2)n1. The number of hydrogen-bond acceptors (Lipinski definition) is 5. The Labute approximate surface area is 161 Å². The summed E-state index contributed by atoms with van der Waals surface area (Å²) in [6.45, 7) is 12.8. The summed E-state index contributed by atoms with van der Waals surface area (Å²) >= 11 is 0. The molecule has 0 saturated carbocycles. The summed E-state index contributed by atoms with van der Waals surface area (Å²) in [5, 5.41) is 7.66. The molecule has 1 aromatic heterocycles. The molecule has 0 bridgehead atoms. The Bertz CT molecular complexity index is 701. The van der Waals surface area contributed by atoms with Crippen LogP contribution in [0.4, 0.5) is 0 Å². The number of amides is 1. The topological polar surface area (TPSA) is 70.5 Å². The Hall–Kier alpha value is -1.73. The minimum Gasteiger partial charge on any atom is -0.352 e. The monoisotopic (exact) mass is 375 g/mol. The molecule has 2 saturated heterocycles. The van der Waals surface area contributed by atoms with Gasteiger partial charge in [-0.2, -0.15) is 5.10 Å². The van der Waals surface area contributed by atoms with Gasteiger partial charge in [-0.1, -0.05) is 20.8 Å². The highest BCUT2D eigenvalue weighted by atomic mass is 16.1. The number of piperazine rings is 1. The van der Waals surface area contributed by atoms with Crippen LogP contribution >= 0.6 is 0 Å². The van der Waals surface area contributed by atoms with Crippen molar-refractivity contribution in [1.29, 1.82) is 0 Å². The maximum atomic E-state index is 12.1. The second-order valence-electron chi connectivity index (χ2n) is 8.83. The summed E-state index contributed by atoms with van der Waals surface area (Å²) in [7, 11) is 0. The third-order valence-corrected chi connectivity index (χ3v) is 5.53. The van der Waals surface area contributed by atoms with Gasteiger partial charge in [0.2, 0.25) is 5.91 Å². The first-order valence-corrected chi connectivity index (χ1v) is 10.1. The van der Waals surface area contributed by atoms with E-state index >= 15 is 0 Å². The first-order chi connectivity index (χ1) is 12.8. The predicted molar refractivity (Wildman–Crippen MR) is 106 cm³/mol. The van der Waals surface area contributed by atoms with E-state index in [2.05, 4.69) is 41.0 Å². The van der Waals surface area contributed by atoms with Gasteiger partial charge < -0.3 is 5.32 Å². The summed E-state index contributed by atoms with van der Waals surface area (Å²) in [5.74, 6) is 0.195. The molecule has 2 aliphatic rings. The summed E-state index contributed by atoms with van der Waals surface area (Å²) in [6.07, 6.45) is 2.77. The second kappa shape index (κ2) is 8.52. The van der Waals surface area contributed by atoms with Crippen molar-refractivity contribution in [1.82, 2.24) is 24.9 Å². The fraction of sp³-hybridized carbons (Fsp3) is 0.750. The fourth-order valence-electron chi connectivity index (χ4n) is 3.77. The Morgan fingerprint density at radius 2 is 1.78 bits per heavy atom. The van der Waals surface area contributed by atoms with Crippen molar-refractivity contribution in [3.63, 3.8) is 0 Å². The lowest BCUT2D eigenvalue weighted by Crippen LogP contribution is -2.52. The first-order valence-electron chi connectivity index (χ1n) is 10.1. The van der Waals surface area contributed by atoms with E-state index in [0.717, 1.165) is 57.8 Å². The van der Waals surface area contributed by atoms with Crippen molar-refractivity contribution in [2.75, 3.05) is 39.3 Å². The van der Waals surface area contributed by atoms with Gasteiger partial charge in [-0.3, -0.25) is 19.4 Å². The molecule has 1 amide bonds. The van der Waals surface area contributed by atoms with Crippen LogP contribution in [-0.2, 0) is 16.8 Å². The molecular weight excluding hydrogens is 342 g/mol. The average Bonchev–Trinajstić information content (AvgIpc) is 2.61. The maximum absolute atomic E-state index is 12.1. The van der Waals surface area contributed by atoms with Gasteiger partial charge in [0.05, 0.1) is 12.2 Å². The molecule has 1 N–H and O–H groups in total. The van der Waals surface area contributed by atoms with E-state index in [4.69, 9.17) is 0 Å². The quantitative estimate of drug-likeness (QED) is 0.825. The number of nitrogens with one attached hydrogen (secondary N) is 1. The fourth-order valence-corrected chi connectivity index (χ4v) is 3.77. The molecule has 0 radical (unpaired) electrons. The van der Waals surface area contributed by atoms with E-state index in [-0.39, 0.29) is 16.9 Å².